The van der Waals surface area contributed by atoms with Gasteiger partial charge >= 0.3 is 111 Å². The summed E-state index contributed by atoms with van der Waals surface area (Å²) in [6, 6.07) is 23.9. The van der Waals surface area contributed by atoms with Gasteiger partial charge in [-0.05, 0) is 76.2 Å². The van der Waals surface area contributed by atoms with Crippen molar-refractivity contribution in [3.05, 3.63) is 95.6 Å². The zero-order valence-corrected chi connectivity index (χ0v) is 29.7. The second-order valence-corrected chi connectivity index (χ2v) is 12.4. The molecule has 0 saturated heterocycles. The van der Waals surface area contributed by atoms with Crippen LogP contribution in [-0.4, -0.2) is 19.9 Å². The minimum absolute atomic E-state index is 0. The van der Waals surface area contributed by atoms with Crippen LogP contribution in [0.3, 0.4) is 0 Å². The fourth-order valence-electron chi connectivity index (χ4n) is 2.74. The Bertz CT molecular complexity index is 1310. The third-order valence-electron chi connectivity index (χ3n) is 4.08. The van der Waals surface area contributed by atoms with Crippen LogP contribution in [0.1, 0.15) is 22.8 Å². The van der Waals surface area contributed by atoms with Crippen LogP contribution in [0.2, 0.25) is 0 Å². The van der Waals surface area contributed by atoms with Crippen molar-refractivity contribution in [2.45, 2.75) is 27.7 Å². The van der Waals surface area contributed by atoms with E-state index in [0.717, 1.165) is 45.6 Å². The van der Waals surface area contributed by atoms with Crippen molar-refractivity contribution in [1.82, 2.24) is 19.9 Å². The summed E-state index contributed by atoms with van der Waals surface area (Å²) in [5, 5.41) is 0. The van der Waals surface area contributed by atoms with E-state index in [0.29, 0.717) is 0 Å². The monoisotopic (exact) mass is 1080 g/mol. The second-order valence-electron chi connectivity index (χ2n) is 8.57. The van der Waals surface area contributed by atoms with Gasteiger partial charge in [0.1, 0.15) is 0 Å². The van der Waals surface area contributed by atoms with Crippen molar-refractivity contribution in [1.29, 1.82) is 0 Å². The molecule has 4 aromatic heterocycles. The normalized spacial score (nSPS) is 13.2. The van der Waals surface area contributed by atoms with Crippen molar-refractivity contribution in [2.75, 3.05) is 0 Å². The van der Waals surface area contributed by atoms with Crippen molar-refractivity contribution in [2.24, 2.45) is 0 Å². The first-order valence-corrected chi connectivity index (χ1v) is 15.4. The summed E-state index contributed by atoms with van der Waals surface area (Å²) in [5.41, 5.74) is 7.83. The second kappa shape index (κ2) is 16.4. The molecule has 0 unspecified atom stereocenters. The number of hydrogen-bond donors (Lipinski definition) is 0. The van der Waals surface area contributed by atoms with E-state index in [1.165, 1.54) is 0 Å². The molecular formula is C24H24Au2F12N4O2P2. The van der Waals surface area contributed by atoms with E-state index in [1.807, 2.05) is 100 Å². The number of hydrogen-bond acceptors (Lipinski definition) is 4. The molecule has 0 fully saturated rings. The van der Waals surface area contributed by atoms with E-state index in [9.17, 15) is 50.4 Å². The maximum absolute atomic E-state index is 10.7. The van der Waals surface area contributed by atoms with E-state index in [4.69, 9.17) is 0 Å². The van der Waals surface area contributed by atoms with E-state index in [-0.39, 0.29) is 55.7 Å². The predicted octanol–water partition coefficient (Wildman–Crippen LogP) is 12.0. The van der Waals surface area contributed by atoms with Crippen LogP contribution < -0.4 is 0 Å². The van der Waals surface area contributed by atoms with Crippen molar-refractivity contribution < 1.29 is 106 Å². The minimum Gasteiger partial charge on any atom is -2.00 e. The summed E-state index contributed by atoms with van der Waals surface area (Å²) in [7, 11) is -21.3. The maximum atomic E-state index is 9.87. The Hall–Kier alpha value is -1.98. The fraction of sp³-hybridized carbons (Fsp3) is 0.167. The quantitative estimate of drug-likeness (QED) is 0.113. The molecule has 4 aromatic rings. The van der Waals surface area contributed by atoms with Gasteiger partial charge < -0.3 is 11.0 Å². The number of pyridine rings is 4. The van der Waals surface area contributed by atoms with Gasteiger partial charge in [0.25, 0.3) is 0 Å². The molecule has 0 aromatic carbocycles. The van der Waals surface area contributed by atoms with E-state index >= 15 is 0 Å². The molecule has 0 amide bonds. The molecule has 0 N–H and O–H groups in total. The van der Waals surface area contributed by atoms with Crippen molar-refractivity contribution in [3.8, 4) is 22.8 Å². The minimum atomic E-state index is -10.7. The van der Waals surface area contributed by atoms with E-state index in [2.05, 4.69) is 19.9 Å². The fourth-order valence-corrected chi connectivity index (χ4v) is 2.74. The van der Waals surface area contributed by atoms with Crippen molar-refractivity contribution in [3.63, 3.8) is 0 Å². The Morgan fingerprint density at radius 3 is 0.587 bits per heavy atom. The third kappa shape index (κ3) is 33.4. The van der Waals surface area contributed by atoms with Gasteiger partial charge in [0, 0.05) is 22.8 Å². The summed E-state index contributed by atoms with van der Waals surface area (Å²) in [6.07, 6.45) is 0. The van der Waals surface area contributed by atoms with Gasteiger partial charge in [0.15, 0.2) is 0 Å². The third-order valence-corrected chi connectivity index (χ3v) is 4.08. The van der Waals surface area contributed by atoms with Crippen molar-refractivity contribution >= 4 is 15.6 Å². The molecule has 0 bridgehead atoms. The first kappa shape index (κ1) is 50.9. The Labute approximate surface area is 286 Å². The summed E-state index contributed by atoms with van der Waals surface area (Å²) in [5.74, 6) is 0. The number of nitrogens with zero attached hydrogens (tertiary/aromatic N) is 4. The molecule has 0 radical (unpaired) electrons. The van der Waals surface area contributed by atoms with E-state index < -0.39 is 15.6 Å². The average molecular weight is 1080 g/mol. The Balaban J connectivity index is -0.000000261. The van der Waals surface area contributed by atoms with Gasteiger partial charge in [0.2, 0.25) is 0 Å². The number of aryl methyl sites for hydroxylation is 4. The maximum Gasteiger partial charge on any atom is 3.00 e. The summed E-state index contributed by atoms with van der Waals surface area (Å²) in [6.45, 7) is 7.94. The molecule has 22 heteroatoms. The zero-order chi connectivity index (χ0) is 32.7. The number of aromatic nitrogens is 4. The van der Waals surface area contributed by atoms with E-state index in [1.54, 1.807) is 0 Å². The molecular weight excluding hydrogens is 1060 g/mol. The van der Waals surface area contributed by atoms with Crippen LogP contribution >= 0.6 is 15.6 Å². The molecule has 0 aliphatic heterocycles. The van der Waals surface area contributed by atoms with Gasteiger partial charge in [-0.25, -0.2) is 0 Å². The van der Waals surface area contributed by atoms with Gasteiger partial charge in [-0.15, -0.1) is 0 Å². The standard InChI is InChI=1S/2C12H12N2.2Au.2F6P.2O/c2*1-9-5-3-7-11(13-9)12-8-4-6-10(2)14-12;;;2*1-7(2,3,4,5)6;;/h2*3-8H,1-2H3;;;;;;/q;;2*+3;2*-1;2*-2. The van der Waals surface area contributed by atoms with Gasteiger partial charge in [0.05, 0.1) is 22.8 Å². The number of halogens is 12. The Morgan fingerprint density at radius 2 is 0.478 bits per heavy atom. The molecule has 268 valence electrons. The molecule has 0 spiro atoms. The van der Waals surface area contributed by atoms with Crippen LogP contribution in [-0.2, 0) is 55.7 Å². The predicted molar refractivity (Wildman–Crippen MR) is 142 cm³/mol. The first-order valence-electron chi connectivity index (χ1n) is 11.3. The van der Waals surface area contributed by atoms with Crippen LogP contribution in [0, 0.1) is 27.7 Å². The molecule has 0 atom stereocenters. The Kier molecular flexibility index (Phi) is 18.2. The summed E-state index contributed by atoms with van der Waals surface area (Å²) >= 11 is 0. The SMILES string of the molecule is Cc1cccc(-c2cccc(C)n2)n1.Cc1cccc(-c2cccc(C)n2)n1.F[P-](F)(F)(F)(F)F.F[P-](F)(F)(F)(F)F.[Au+3].[Au+3].[O-2].[O-2]. The molecule has 6 nitrogen and oxygen atoms in total. The molecule has 0 saturated carbocycles. The van der Waals surface area contributed by atoms with Gasteiger partial charge in [-0.3, -0.25) is 19.9 Å². The smallest absolute Gasteiger partial charge is 2.00 e. The molecule has 0 aliphatic carbocycles. The molecule has 4 heterocycles. The average Bonchev–Trinajstić information content (AvgIpc) is 2.75. The van der Waals surface area contributed by atoms with Crippen LogP contribution in [0.4, 0.5) is 50.4 Å². The van der Waals surface area contributed by atoms with Crippen LogP contribution in [0.25, 0.3) is 22.8 Å². The Morgan fingerprint density at radius 1 is 0.348 bits per heavy atom. The largest absolute Gasteiger partial charge is 3.00 e. The summed E-state index contributed by atoms with van der Waals surface area (Å²) in [4.78, 5) is 17.7. The first-order chi connectivity index (χ1) is 18.4. The van der Waals surface area contributed by atoms with Crippen LogP contribution in [0.5, 0.6) is 0 Å². The molecule has 4 rings (SSSR count). The topological polar surface area (TPSA) is 109 Å². The summed E-state index contributed by atoms with van der Waals surface area (Å²) < 4.78 is 118. The molecule has 0 aliphatic rings. The molecule has 46 heavy (non-hydrogen) atoms. The number of rotatable bonds is 2. The van der Waals surface area contributed by atoms with Gasteiger partial charge in [-0.2, -0.15) is 0 Å². The van der Waals surface area contributed by atoms with Gasteiger partial charge in [-0.1, -0.05) is 24.3 Å². The van der Waals surface area contributed by atoms with Crippen LogP contribution in [0.15, 0.2) is 72.8 Å². The zero-order valence-electron chi connectivity index (χ0n) is 23.6.